The molecule has 16 heavy (non-hydrogen) atoms. The van der Waals surface area contributed by atoms with Crippen molar-refractivity contribution in [3.8, 4) is 0 Å². The van der Waals surface area contributed by atoms with E-state index in [9.17, 15) is 9.59 Å². The maximum Gasteiger partial charge on any atom is 0.329 e. The highest BCUT2D eigenvalue weighted by atomic mass is 16.5. The average Bonchev–Trinajstić information content (AvgIpc) is 2.24. The van der Waals surface area contributed by atoms with Crippen LogP contribution in [0.2, 0.25) is 0 Å². The summed E-state index contributed by atoms with van der Waals surface area (Å²) in [6.07, 6.45) is 2.24. The Kier molecular flexibility index (Phi) is 6.72. The summed E-state index contributed by atoms with van der Waals surface area (Å²) in [7, 11) is 0. The number of rotatable bonds is 8. The lowest BCUT2D eigenvalue weighted by Gasteiger charge is -2.24. The van der Waals surface area contributed by atoms with Gasteiger partial charge in [0.05, 0.1) is 0 Å². The highest BCUT2D eigenvalue weighted by molar-refractivity contribution is 5.87. The minimum Gasteiger partial charge on any atom is -0.480 e. The Morgan fingerprint density at radius 1 is 1.38 bits per heavy atom. The standard InChI is InChI=1S/C11H21NO4/c1-4-6-7-16-8-9(13)12-11(3,5-2)10(14)15/h4-8H2,1-3H3,(H,12,13)(H,14,15). The van der Waals surface area contributed by atoms with E-state index in [0.29, 0.717) is 13.0 Å². The Hall–Kier alpha value is -1.10. The van der Waals surface area contributed by atoms with Gasteiger partial charge in [0.15, 0.2) is 0 Å². The third-order valence-corrected chi connectivity index (χ3v) is 2.47. The van der Waals surface area contributed by atoms with Gasteiger partial charge in [-0.05, 0) is 19.8 Å². The lowest BCUT2D eigenvalue weighted by molar-refractivity contribution is -0.147. The Labute approximate surface area is 96.2 Å². The zero-order valence-corrected chi connectivity index (χ0v) is 10.2. The normalized spacial score (nSPS) is 14.2. The molecule has 0 aromatic carbocycles. The van der Waals surface area contributed by atoms with Gasteiger partial charge in [0.2, 0.25) is 5.91 Å². The number of aliphatic carboxylic acids is 1. The molecule has 1 unspecified atom stereocenters. The molecule has 0 aliphatic rings. The number of unbranched alkanes of at least 4 members (excludes halogenated alkanes) is 1. The van der Waals surface area contributed by atoms with Gasteiger partial charge < -0.3 is 15.2 Å². The maximum absolute atomic E-state index is 11.4. The maximum atomic E-state index is 11.4. The molecule has 94 valence electrons. The van der Waals surface area contributed by atoms with E-state index in [4.69, 9.17) is 9.84 Å². The predicted molar refractivity (Wildman–Crippen MR) is 60.2 cm³/mol. The summed E-state index contributed by atoms with van der Waals surface area (Å²) in [6.45, 7) is 5.68. The van der Waals surface area contributed by atoms with Crippen LogP contribution in [-0.4, -0.2) is 35.7 Å². The van der Waals surface area contributed by atoms with Crippen molar-refractivity contribution in [2.75, 3.05) is 13.2 Å². The number of carboxylic acids is 1. The van der Waals surface area contributed by atoms with E-state index in [0.717, 1.165) is 12.8 Å². The number of nitrogens with one attached hydrogen (secondary N) is 1. The largest absolute Gasteiger partial charge is 0.480 e. The fourth-order valence-corrected chi connectivity index (χ4v) is 1.05. The minimum atomic E-state index is -1.20. The van der Waals surface area contributed by atoms with Crippen molar-refractivity contribution in [1.82, 2.24) is 5.32 Å². The first kappa shape index (κ1) is 14.9. The highest BCUT2D eigenvalue weighted by Crippen LogP contribution is 2.08. The Morgan fingerprint density at radius 3 is 2.44 bits per heavy atom. The van der Waals surface area contributed by atoms with Crippen LogP contribution in [0.1, 0.15) is 40.0 Å². The lowest BCUT2D eigenvalue weighted by Crippen LogP contribution is -2.52. The lowest BCUT2D eigenvalue weighted by atomic mass is 9.99. The van der Waals surface area contributed by atoms with Crippen LogP contribution in [0.15, 0.2) is 0 Å². The predicted octanol–water partition coefficient (Wildman–Crippen LogP) is 1.17. The first-order valence-corrected chi connectivity index (χ1v) is 5.58. The molecule has 5 heteroatoms. The summed E-state index contributed by atoms with van der Waals surface area (Å²) < 4.78 is 5.10. The second kappa shape index (κ2) is 7.22. The van der Waals surface area contributed by atoms with Crippen molar-refractivity contribution >= 4 is 11.9 Å². The van der Waals surface area contributed by atoms with Gasteiger partial charge in [-0.3, -0.25) is 4.79 Å². The smallest absolute Gasteiger partial charge is 0.329 e. The van der Waals surface area contributed by atoms with E-state index in [2.05, 4.69) is 5.32 Å². The van der Waals surface area contributed by atoms with E-state index in [1.807, 2.05) is 6.92 Å². The molecule has 0 rings (SSSR count). The third kappa shape index (κ3) is 5.11. The quantitative estimate of drug-likeness (QED) is 0.615. The Balaban J connectivity index is 3.98. The van der Waals surface area contributed by atoms with Crippen LogP contribution in [0.3, 0.4) is 0 Å². The van der Waals surface area contributed by atoms with Gasteiger partial charge in [-0.1, -0.05) is 20.3 Å². The highest BCUT2D eigenvalue weighted by Gasteiger charge is 2.32. The SMILES string of the molecule is CCCCOCC(=O)NC(C)(CC)C(=O)O. The summed E-state index contributed by atoms with van der Waals surface area (Å²) in [5, 5.41) is 11.4. The van der Waals surface area contributed by atoms with E-state index < -0.39 is 11.5 Å². The Morgan fingerprint density at radius 2 is 2.00 bits per heavy atom. The molecule has 2 N–H and O–H groups in total. The van der Waals surface area contributed by atoms with Crippen molar-refractivity contribution in [2.45, 2.75) is 45.6 Å². The zero-order chi connectivity index (χ0) is 12.6. The monoisotopic (exact) mass is 231 g/mol. The molecular weight excluding hydrogens is 210 g/mol. The number of hydrogen-bond acceptors (Lipinski definition) is 3. The summed E-state index contributed by atoms with van der Waals surface area (Å²) in [6, 6.07) is 0. The van der Waals surface area contributed by atoms with Crippen molar-refractivity contribution in [2.24, 2.45) is 0 Å². The second-order valence-electron chi connectivity index (χ2n) is 3.95. The van der Waals surface area contributed by atoms with Gasteiger partial charge in [-0.15, -0.1) is 0 Å². The fraction of sp³-hybridized carbons (Fsp3) is 0.818. The summed E-state index contributed by atoms with van der Waals surface area (Å²) in [5.41, 5.74) is -1.20. The first-order chi connectivity index (χ1) is 7.46. The van der Waals surface area contributed by atoms with Gasteiger partial charge in [-0.25, -0.2) is 4.79 Å². The number of hydrogen-bond donors (Lipinski definition) is 2. The molecule has 0 spiro atoms. The van der Waals surface area contributed by atoms with Crippen LogP contribution in [0, 0.1) is 0 Å². The number of ether oxygens (including phenoxy) is 1. The summed E-state index contributed by atoms with van der Waals surface area (Å²) in [5.74, 6) is -1.42. The van der Waals surface area contributed by atoms with Crippen LogP contribution >= 0.6 is 0 Å². The van der Waals surface area contributed by atoms with Crippen LogP contribution in [0.5, 0.6) is 0 Å². The molecule has 0 fully saturated rings. The molecule has 0 aromatic heterocycles. The van der Waals surface area contributed by atoms with Gasteiger partial charge in [0.25, 0.3) is 0 Å². The van der Waals surface area contributed by atoms with Crippen molar-refractivity contribution in [1.29, 1.82) is 0 Å². The van der Waals surface area contributed by atoms with E-state index in [1.54, 1.807) is 6.92 Å². The van der Waals surface area contributed by atoms with Gasteiger partial charge in [-0.2, -0.15) is 0 Å². The van der Waals surface area contributed by atoms with E-state index in [-0.39, 0.29) is 12.5 Å². The summed E-state index contributed by atoms with van der Waals surface area (Å²) >= 11 is 0. The molecule has 1 atom stereocenters. The van der Waals surface area contributed by atoms with E-state index >= 15 is 0 Å². The molecule has 0 saturated carbocycles. The number of carbonyl (C=O) groups excluding carboxylic acids is 1. The molecule has 1 amide bonds. The van der Waals surface area contributed by atoms with E-state index in [1.165, 1.54) is 6.92 Å². The molecular formula is C11H21NO4. The molecule has 0 aliphatic carbocycles. The van der Waals surface area contributed by atoms with Crippen LogP contribution in [0.25, 0.3) is 0 Å². The fourth-order valence-electron chi connectivity index (χ4n) is 1.05. The average molecular weight is 231 g/mol. The molecule has 5 nitrogen and oxygen atoms in total. The number of carbonyl (C=O) groups is 2. The number of carboxylic acid groups (broad SMARTS) is 1. The van der Waals surface area contributed by atoms with Crippen molar-refractivity contribution in [3.05, 3.63) is 0 Å². The third-order valence-electron chi connectivity index (χ3n) is 2.47. The van der Waals surface area contributed by atoms with Crippen LogP contribution < -0.4 is 5.32 Å². The van der Waals surface area contributed by atoms with Gasteiger partial charge in [0, 0.05) is 6.61 Å². The van der Waals surface area contributed by atoms with Crippen LogP contribution in [-0.2, 0) is 14.3 Å². The van der Waals surface area contributed by atoms with Gasteiger partial charge >= 0.3 is 5.97 Å². The first-order valence-electron chi connectivity index (χ1n) is 5.58. The zero-order valence-electron chi connectivity index (χ0n) is 10.2. The second-order valence-corrected chi connectivity index (χ2v) is 3.95. The number of amides is 1. The molecule has 0 heterocycles. The molecule has 0 radical (unpaired) electrons. The minimum absolute atomic E-state index is 0.0805. The van der Waals surface area contributed by atoms with Crippen LogP contribution in [0.4, 0.5) is 0 Å². The topological polar surface area (TPSA) is 75.6 Å². The summed E-state index contributed by atoms with van der Waals surface area (Å²) in [4.78, 5) is 22.3. The molecule has 0 bridgehead atoms. The molecule has 0 saturated heterocycles. The molecule has 0 aromatic rings. The van der Waals surface area contributed by atoms with Crippen molar-refractivity contribution in [3.63, 3.8) is 0 Å². The Bertz CT molecular complexity index is 242. The molecule has 0 aliphatic heterocycles. The van der Waals surface area contributed by atoms with Crippen molar-refractivity contribution < 1.29 is 19.4 Å². The van der Waals surface area contributed by atoms with Gasteiger partial charge in [0.1, 0.15) is 12.1 Å².